The molecular weight excluding hydrogens is 399 g/mol. The number of benzene rings is 1. The van der Waals surface area contributed by atoms with E-state index in [0.717, 1.165) is 18.2 Å². The van der Waals surface area contributed by atoms with Gasteiger partial charge in [-0.15, -0.1) is 0 Å². The summed E-state index contributed by atoms with van der Waals surface area (Å²) in [6.45, 7) is 3.84. The van der Waals surface area contributed by atoms with Gasteiger partial charge >= 0.3 is 0 Å². The molecule has 144 valence electrons. The minimum Gasteiger partial charge on any atom is -0.337 e. The van der Waals surface area contributed by atoms with Gasteiger partial charge in [-0.1, -0.05) is 30.6 Å². The van der Waals surface area contributed by atoms with Crippen LogP contribution in [0.3, 0.4) is 0 Å². The van der Waals surface area contributed by atoms with E-state index in [1.165, 1.54) is 6.33 Å². The predicted octanol–water partition coefficient (Wildman–Crippen LogP) is 2.71. The second-order valence-electron chi connectivity index (χ2n) is 6.17. The molecule has 0 bridgehead atoms. The Morgan fingerprint density at radius 1 is 1.37 bits per heavy atom. The van der Waals surface area contributed by atoms with Gasteiger partial charge in [0.05, 0.1) is 9.92 Å². The molecule has 0 amide bonds. The first-order valence-corrected chi connectivity index (χ1v) is 9.79. The number of sulfonamides is 1. The number of H-pyrrole nitrogens is 1. The van der Waals surface area contributed by atoms with Crippen LogP contribution in [0.5, 0.6) is 0 Å². The van der Waals surface area contributed by atoms with Crippen LogP contribution in [0.25, 0.3) is 11.6 Å². The molecule has 1 aromatic carbocycles. The van der Waals surface area contributed by atoms with Crippen LogP contribution in [0.2, 0.25) is 5.02 Å². The summed E-state index contributed by atoms with van der Waals surface area (Å²) in [6.07, 6.45) is 1.68. The molecule has 2 aromatic heterocycles. The van der Waals surface area contributed by atoms with Crippen molar-refractivity contribution in [1.29, 1.82) is 0 Å². The van der Waals surface area contributed by atoms with Gasteiger partial charge in [0, 0.05) is 0 Å². The highest BCUT2D eigenvalue weighted by atomic mass is 35.5. The maximum atomic E-state index is 13.3. The molecule has 0 radical (unpaired) electrons. The Hall–Kier alpha value is -2.37. The van der Waals surface area contributed by atoms with E-state index in [1.807, 2.05) is 13.8 Å². The molecule has 0 aliphatic rings. The fourth-order valence-electron chi connectivity index (χ4n) is 2.36. The van der Waals surface area contributed by atoms with E-state index >= 15 is 0 Å². The van der Waals surface area contributed by atoms with Gasteiger partial charge in [0.1, 0.15) is 18.2 Å². The molecule has 0 aliphatic carbocycles. The Labute approximate surface area is 159 Å². The van der Waals surface area contributed by atoms with Gasteiger partial charge in [-0.2, -0.15) is 14.8 Å². The van der Waals surface area contributed by atoms with E-state index in [-0.39, 0.29) is 27.6 Å². The summed E-state index contributed by atoms with van der Waals surface area (Å²) in [7, 11) is -4.00. The second kappa shape index (κ2) is 7.71. The van der Waals surface area contributed by atoms with E-state index < -0.39 is 21.9 Å². The van der Waals surface area contributed by atoms with Crippen LogP contribution in [0, 0.1) is 11.7 Å². The third-order valence-electron chi connectivity index (χ3n) is 3.57. The zero-order valence-corrected chi connectivity index (χ0v) is 15.9. The quantitative estimate of drug-likeness (QED) is 0.608. The Morgan fingerprint density at radius 2 is 2.15 bits per heavy atom. The van der Waals surface area contributed by atoms with Gasteiger partial charge in [-0.25, -0.2) is 17.8 Å². The smallest absolute Gasteiger partial charge is 0.245 e. The molecule has 0 aliphatic heterocycles. The topological polar surface area (TPSA) is 127 Å². The van der Waals surface area contributed by atoms with Gasteiger partial charge in [-0.3, -0.25) is 5.10 Å². The molecule has 0 saturated carbocycles. The number of aromatic nitrogens is 5. The van der Waals surface area contributed by atoms with E-state index in [0.29, 0.717) is 12.2 Å². The lowest BCUT2D eigenvalue weighted by atomic mass is 10.0. The molecule has 0 unspecified atom stereocenters. The number of aromatic amines is 1. The number of halogens is 2. The summed E-state index contributed by atoms with van der Waals surface area (Å²) < 4.78 is 46.4. The number of nitrogens with zero attached hydrogens (tertiary/aromatic N) is 4. The summed E-state index contributed by atoms with van der Waals surface area (Å²) >= 11 is 5.69. The number of hydrogen-bond donors (Lipinski definition) is 2. The molecule has 0 saturated heterocycles. The highest BCUT2D eigenvalue weighted by molar-refractivity contribution is 7.89. The normalized spacial score (nSPS) is 13.2. The van der Waals surface area contributed by atoms with E-state index in [4.69, 9.17) is 16.1 Å². The molecule has 2 heterocycles. The monoisotopic (exact) mass is 414 g/mol. The van der Waals surface area contributed by atoms with Crippen molar-refractivity contribution in [2.24, 2.45) is 5.92 Å². The van der Waals surface area contributed by atoms with Crippen molar-refractivity contribution in [3.05, 3.63) is 41.3 Å². The third kappa shape index (κ3) is 4.49. The summed E-state index contributed by atoms with van der Waals surface area (Å²) in [5.41, 5.74) is 0. The van der Waals surface area contributed by atoms with Crippen molar-refractivity contribution in [1.82, 2.24) is 30.0 Å². The van der Waals surface area contributed by atoms with Crippen LogP contribution in [-0.4, -0.2) is 33.7 Å². The summed E-state index contributed by atoms with van der Waals surface area (Å²) in [6, 6.07) is 2.37. The summed E-state index contributed by atoms with van der Waals surface area (Å²) in [5, 5.41) is 9.80. The van der Waals surface area contributed by atoms with Gasteiger partial charge in [-0.05, 0) is 30.5 Å². The van der Waals surface area contributed by atoms with Gasteiger partial charge in [0.15, 0.2) is 5.82 Å². The molecule has 0 fully saturated rings. The van der Waals surface area contributed by atoms with Crippen molar-refractivity contribution >= 4 is 21.6 Å². The number of rotatable bonds is 7. The minimum absolute atomic E-state index is 0.0758. The minimum atomic E-state index is -4.00. The van der Waals surface area contributed by atoms with Gasteiger partial charge in [0.2, 0.25) is 21.7 Å². The molecule has 3 aromatic rings. The lowest BCUT2D eigenvalue weighted by Gasteiger charge is -2.17. The van der Waals surface area contributed by atoms with Gasteiger partial charge in [0.25, 0.3) is 0 Å². The van der Waals surface area contributed by atoms with Crippen LogP contribution in [-0.2, 0) is 10.0 Å². The molecule has 12 heteroatoms. The maximum absolute atomic E-state index is 13.3. The largest absolute Gasteiger partial charge is 0.337 e. The van der Waals surface area contributed by atoms with E-state index in [2.05, 4.69) is 30.0 Å². The highest BCUT2D eigenvalue weighted by Crippen LogP contribution is 2.26. The van der Waals surface area contributed by atoms with Crippen molar-refractivity contribution in [3.63, 3.8) is 0 Å². The fourth-order valence-corrected chi connectivity index (χ4v) is 3.83. The molecular formula is C15H16ClFN6O3S. The second-order valence-corrected chi connectivity index (χ2v) is 8.29. The molecule has 27 heavy (non-hydrogen) atoms. The van der Waals surface area contributed by atoms with Crippen LogP contribution in [0.1, 0.15) is 32.2 Å². The molecule has 9 nitrogen and oxygen atoms in total. The molecule has 2 N–H and O–H groups in total. The van der Waals surface area contributed by atoms with Crippen LogP contribution < -0.4 is 4.72 Å². The Morgan fingerprint density at radius 3 is 2.78 bits per heavy atom. The lowest BCUT2D eigenvalue weighted by Crippen LogP contribution is -2.30. The first kappa shape index (κ1) is 19.4. The number of nitrogens with one attached hydrogen (secondary N) is 2. The standard InChI is InChI=1S/C15H16ClFN6O3S/c1-8(2)5-12(15-20-14(22-26-15)13-18-7-19-21-13)23-27(24,25)9-3-4-11(17)10(16)6-9/h3-4,6-8,12,23H,5H2,1-2H3,(H,18,19,21)/t12-/m0/s1. The Kier molecular flexibility index (Phi) is 5.53. The molecule has 0 spiro atoms. The molecule has 3 rings (SSSR count). The zero-order chi connectivity index (χ0) is 19.6. The van der Waals surface area contributed by atoms with Crippen molar-refractivity contribution in [3.8, 4) is 11.6 Å². The van der Waals surface area contributed by atoms with Crippen molar-refractivity contribution < 1.29 is 17.3 Å². The average molecular weight is 415 g/mol. The van der Waals surface area contributed by atoms with Crippen molar-refractivity contribution in [2.75, 3.05) is 0 Å². The predicted molar refractivity (Wildman–Crippen MR) is 93.6 cm³/mol. The van der Waals surface area contributed by atoms with E-state index in [9.17, 15) is 12.8 Å². The van der Waals surface area contributed by atoms with Crippen molar-refractivity contribution in [2.45, 2.75) is 31.2 Å². The first-order chi connectivity index (χ1) is 12.8. The van der Waals surface area contributed by atoms with Crippen LogP contribution in [0.4, 0.5) is 4.39 Å². The lowest BCUT2D eigenvalue weighted by molar-refractivity contribution is 0.323. The first-order valence-electron chi connectivity index (χ1n) is 7.93. The summed E-state index contributed by atoms with van der Waals surface area (Å²) in [4.78, 5) is 7.94. The number of hydrogen-bond acceptors (Lipinski definition) is 7. The Balaban J connectivity index is 1.90. The SMILES string of the molecule is CC(C)C[C@H](NS(=O)(=O)c1ccc(F)c(Cl)c1)c1nc(-c2ncn[nH]2)no1. The maximum Gasteiger partial charge on any atom is 0.245 e. The van der Waals surface area contributed by atoms with Gasteiger partial charge < -0.3 is 4.52 Å². The average Bonchev–Trinajstić information content (AvgIpc) is 3.27. The molecule has 1 atom stereocenters. The highest BCUT2D eigenvalue weighted by Gasteiger charge is 2.28. The third-order valence-corrected chi connectivity index (χ3v) is 5.33. The van der Waals surface area contributed by atoms with Crippen LogP contribution >= 0.6 is 11.6 Å². The van der Waals surface area contributed by atoms with E-state index in [1.54, 1.807) is 0 Å². The Bertz CT molecular complexity index is 1020. The zero-order valence-electron chi connectivity index (χ0n) is 14.3. The van der Waals surface area contributed by atoms with Crippen LogP contribution in [0.15, 0.2) is 33.9 Å². The fraction of sp³-hybridized carbons (Fsp3) is 0.333. The summed E-state index contributed by atoms with van der Waals surface area (Å²) in [5.74, 6) is -0.0632.